The first kappa shape index (κ1) is 14.7. The second kappa shape index (κ2) is 6.71. The van der Waals surface area contributed by atoms with Crippen LogP contribution < -0.4 is 5.43 Å². The summed E-state index contributed by atoms with van der Waals surface area (Å²) in [6.45, 7) is 0.866. The van der Waals surface area contributed by atoms with E-state index in [0.717, 1.165) is 18.7 Å². The van der Waals surface area contributed by atoms with E-state index in [1.807, 2.05) is 0 Å². The number of benzene rings is 3. The third-order valence-electron chi connectivity index (χ3n) is 4.53. The first-order chi connectivity index (χ1) is 11.9. The summed E-state index contributed by atoms with van der Waals surface area (Å²) in [5.41, 5.74) is 9.47. The van der Waals surface area contributed by atoms with Crippen LogP contribution in [-0.2, 0) is 6.42 Å². The van der Waals surface area contributed by atoms with Gasteiger partial charge in [-0.3, -0.25) is 0 Å². The molecular weight excluding hydrogens is 292 g/mol. The Morgan fingerprint density at radius 3 is 2.08 bits per heavy atom. The van der Waals surface area contributed by atoms with E-state index < -0.39 is 0 Å². The van der Waals surface area contributed by atoms with Crippen LogP contribution in [0.3, 0.4) is 0 Å². The molecule has 0 aliphatic carbocycles. The Bertz CT molecular complexity index is 821. The largest absolute Gasteiger partial charge is 0.309 e. The molecule has 24 heavy (non-hydrogen) atoms. The lowest BCUT2D eigenvalue weighted by Gasteiger charge is -2.13. The molecule has 0 saturated heterocycles. The maximum atomic E-state index is 4.54. The molecule has 0 spiro atoms. The summed E-state index contributed by atoms with van der Waals surface area (Å²) < 4.78 is 0. The Kier molecular flexibility index (Phi) is 4.11. The molecule has 0 bridgehead atoms. The minimum absolute atomic E-state index is 0.325. The van der Waals surface area contributed by atoms with Gasteiger partial charge in [0, 0.05) is 12.5 Å². The van der Waals surface area contributed by atoms with Crippen LogP contribution in [0.15, 0.2) is 90.0 Å². The van der Waals surface area contributed by atoms with E-state index in [0.29, 0.717) is 5.92 Å². The van der Waals surface area contributed by atoms with E-state index in [-0.39, 0.29) is 0 Å². The van der Waals surface area contributed by atoms with Gasteiger partial charge in [-0.2, -0.15) is 5.10 Å². The van der Waals surface area contributed by atoms with Crippen molar-refractivity contribution in [2.45, 2.75) is 12.3 Å². The van der Waals surface area contributed by atoms with E-state index in [4.69, 9.17) is 0 Å². The third-order valence-corrected chi connectivity index (χ3v) is 4.53. The molecule has 2 nitrogen and oxygen atoms in total. The number of nitrogens with zero attached hydrogens (tertiary/aromatic N) is 1. The minimum atomic E-state index is 0.325. The monoisotopic (exact) mass is 312 g/mol. The molecule has 1 aliphatic rings. The average molecular weight is 312 g/mol. The lowest BCUT2D eigenvalue weighted by Crippen LogP contribution is -2.14. The Morgan fingerprint density at radius 2 is 1.38 bits per heavy atom. The second-order valence-corrected chi connectivity index (χ2v) is 6.18. The molecule has 3 aromatic carbocycles. The zero-order valence-corrected chi connectivity index (χ0v) is 13.5. The molecule has 1 unspecified atom stereocenters. The van der Waals surface area contributed by atoms with Crippen molar-refractivity contribution in [2.75, 3.05) is 6.54 Å². The van der Waals surface area contributed by atoms with Gasteiger partial charge in [-0.25, -0.2) is 0 Å². The van der Waals surface area contributed by atoms with Crippen LogP contribution in [0, 0.1) is 0 Å². The first-order valence-corrected chi connectivity index (χ1v) is 8.39. The maximum absolute atomic E-state index is 4.54. The van der Waals surface area contributed by atoms with Crippen LogP contribution in [-0.4, -0.2) is 12.3 Å². The van der Waals surface area contributed by atoms with Crippen LogP contribution in [0.2, 0.25) is 0 Å². The van der Waals surface area contributed by atoms with Crippen LogP contribution in [0.25, 0.3) is 0 Å². The Hall–Kier alpha value is -2.87. The molecule has 1 atom stereocenters. The number of hydrazone groups is 1. The highest BCUT2D eigenvalue weighted by Gasteiger charge is 2.24. The molecule has 118 valence electrons. The molecule has 4 rings (SSSR count). The summed E-state index contributed by atoms with van der Waals surface area (Å²) in [7, 11) is 0. The van der Waals surface area contributed by atoms with Gasteiger partial charge in [0.05, 0.1) is 5.71 Å². The number of hydrogen-bond donors (Lipinski definition) is 1. The van der Waals surface area contributed by atoms with E-state index >= 15 is 0 Å². The average Bonchev–Trinajstić information content (AvgIpc) is 3.14. The molecule has 0 aromatic heterocycles. The maximum Gasteiger partial charge on any atom is 0.0768 e. The van der Waals surface area contributed by atoms with E-state index in [2.05, 4.69) is 95.5 Å². The van der Waals surface area contributed by atoms with Crippen molar-refractivity contribution in [1.82, 2.24) is 5.43 Å². The fourth-order valence-corrected chi connectivity index (χ4v) is 3.25. The predicted octanol–water partition coefficient (Wildman–Crippen LogP) is 4.37. The standard InChI is InChI=1S/C22H20N2/c1-3-7-17(8-4-1)15-18-11-13-20(14-12-18)22-21(16-23-24-22)19-9-5-2-6-10-19/h1-14,21,23H,15-16H2. The lowest BCUT2D eigenvalue weighted by atomic mass is 9.90. The van der Waals surface area contributed by atoms with Crippen molar-refractivity contribution < 1.29 is 0 Å². The summed E-state index contributed by atoms with van der Waals surface area (Å²) in [6, 6.07) is 30.0. The number of rotatable bonds is 4. The Balaban J connectivity index is 1.54. The summed E-state index contributed by atoms with van der Waals surface area (Å²) in [6.07, 6.45) is 0.966. The Morgan fingerprint density at radius 1 is 0.750 bits per heavy atom. The van der Waals surface area contributed by atoms with Gasteiger partial charge < -0.3 is 5.43 Å². The molecular formula is C22H20N2. The molecule has 1 heterocycles. The van der Waals surface area contributed by atoms with Gasteiger partial charge >= 0.3 is 0 Å². The lowest BCUT2D eigenvalue weighted by molar-refractivity contribution is 0.763. The SMILES string of the molecule is c1ccc(Cc2ccc(C3=NNCC3c3ccccc3)cc2)cc1. The number of hydrogen-bond acceptors (Lipinski definition) is 2. The Labute approximate surface area is 142 Å². The fraction of sp³-hybridized carbons (Fsp3) is 0.136. The van der Waals surface area contributed by atoms with Gasteiger partial charge in [-0.1, -0.05) is 84.9 Å². The smallest absolute Gasteiger partial charge is 0.0768 e. The van der Waals surface area contributed by atoms with E-state index in [9.17, 15) is 0 Å². The zero-order valence-electron chi connectivity index (χ0n) is 13.5. The van der Waals surface area contributed by atoms with Crippen LogP contribution in [0.4, 0.5) is 0 Å². The van der Waals surface area contributed by atoms with Crippen molar-refractivity contribution in [3.05, 3.63) is 107 Å². The summed E-state index contributed by atoms with van der Waals surface area (Å²) in [4.78, 5) is 0. The van der Waals surface area contributed by atoms with Gasteiger partial charge in [0.25, 0.3) is 0 Å². The predicted molar refractivity (Wildman–Crippen MR) is 99.4 cm³/mol. The normalized spacial score (nSPS) is 16.5. The summed E-state index contributed by atoms with van der Waals surface area (Å²) >= 11 is 0. The second-order valence-electron chi connectivity index (χ2n) is 6.18. The first-order valence-electron chi connectivity index (χ1n) is 8.39. The highest BCUT2D eigenvalue weighted by atomic mass is 15.3. The van der Waals surface area contributed by atoms with Crippen LogP contribution in [0.1, 0.15) is 28.2 Å². The van der Waals surface area contributed by atoms with Crippen molar-refractivity contribution in [3.8, 4) is 0 Å². The van der Waals surface area contributed by atoms with E-state index in [1.165, 1.54) is 22.3 Å². The van der Waals surface area contributed by atoms with Crippen LogP contribution >= 0.6 is 0 Å². The molecule has 0 amide bonds. The zero-order chi connectivity index (χ0) is 16.2. The molecule has 0 fully saturated rings. The van der Waals surface area contributed by atoms with Gasteiger partial charge in [0.1, 0.15) is 0 Å². The van der Waals surface area contributed by atoms with Crippen molar-refractivity contribution in [3.63, 3.8) is 0 Å². The number of nitrogens with one attached hydrogen (secondary N) is 1. The summed E-state index contributed by atoms with van der Waals surface area (Å²) in [5, 5.41) is 4.54. The van der Waals surface area contributed by atoms with Crippen molar-refractivity contribution >= 4 is 5.71 Å². The van der Waals surface area contributed by atoms with Gasteiger partial charge in [-0.15, -0.1) is 0 Å². The molecule has 1 aliphatic heterocycles. The minimum Gasteiger partial charge on any atom is -0.309 e. The molecule has 1 N–H and O–H groups in total. The highest BCUT2D eigenvalue weighted by Crippen LogP contribution is 2.24. The topological polar surface area (TPSA) is 24.4 Å². The molecule has 0 saturated carbocycles. The van der Waals surface area contributed by atoms with E-state index in [1.54, 1.807) is 0 Å². The highest BCUT2D eigenvalue weighted by molar-refractivity contribution is 6.06. The quantitative estimate of drug-likeness (QED) is 0.760. The van der Waals surface area contributed by atoms with Gasteiger partial charge in [-0.05, 0) is 28.7 Å². The van der Waals surface area contributed by atoms with Crippen molar-refractivity contribution in [2.24, 2.45) is 5.10 Å². The van der Waals surface area contributed by atoms with Crippen LogP contribution in [0.5, 0.6) is 0 Å². The third kappa shape index (κ3) is 3.09. The van der Waals surface area contributed by atoms with Gasteiger partial charge in [0.2, 0.25) is 0 Å². The summed E-state index contributed by atoms with van der Waals surface area (Å²) in [5.74, 6) is 0.325. The molecule has 3 aromatic rings. The molecule has 0 radical (unpaired) electrons. The fourth-order valence-electron chi connectivity index (χ4n) is 3.25. The van der Waals surface area contributed by atoms with Crippen molar-refractivity contribution in [1.29, 1.82) is 0 Å². The van der Waals surface area contributed by atoms with Gasteiger partial charge in [0.15, 0.2) is 0 Å². The molecule has 2 heteroatoms.